The predicted octanol–water partition coefficient (Wildman–Crippen LogP) is 1.40. The molecule has 0 saturated carbocycles. The molecule has 0 radical (unpaired) electrons. The van der Waals surface area contributed by atoms with Crippen LogP contribution in [0.3, 0.4) is 0 Å². The van der Waals surface area contributed by atoms with Crippen molar-refractivity contribution in [2.75, 3.05) is 14.2 Å². The fourth-order valence-electron chi connectivity index (χ4n) is 1.30. The van der Waals surface area contributed by atoms with E-state index in [1.165, 1.54) is 7.11 Å². The summed E-state index contributed by atoms with van der Waals surface area (Å²) in [4.78, 5) is 11.2. The summed E-state index contributed by atoms with van der Waals surface area (Å²) >= 11 is 5.61. The molecule has 94 valence electrons. The van der Waals surface area contributed by atoms with Gasteiger partial charge >= 0.3 is 5.97 Å². The van der Waals surface area contributed by atoms with Gasteiger partial charge in [0.05, 0.1) is 24.8 Å². The van der Waals surface area contributed by atoms with Crippen LogP contribution in [0.1, 0.15) is 11.7 Å². The number of esters is 1. The lowest BCUT2D eigenvalue weighted by atomic mass is 10.1. The molecular formula is C10H10ClFO5. The second kappa shape index (κ2) is 5.20. The zero-order valence-electron chi connectivity index (χ0n) is 9.03. The number of rotatable bonds is 3. The van der Waals surface area contributed by atoms with Gasteiger partial charge in [0, 0.05) is 6.07 Å². The van der Waals surface area contributed by atoms with E-state index in [4.69, 9.17) is 16.3 Å². The molecule has 0 aromatic heterocycles. The van der Waals surface area contributed by atoms with E-state index in [9.17, 15) is 19.4 Å². The minimum Gasteiger partial charge on any atom is -0.504 e. The highest BCUT2D eigenvalue weighted by Gasteiger charge is 2.29. The van der Waals surface area contributed by atoms with Gasteiger partial charge in [-0.3, -0.25) is 0 Å². The third-order valence-corrected chi connectivity index (χ3v) is 2.47. The topological polar surface area (TPSA) is 76.0 Å². The van der Waals surface area contributed by atoms with Crippen LogP contribution in [0.25, 0.3) is 0 Å². The quantitative estimate of drug-likeness (QED) is 0.807. The summed E-state index contributed by atoms with van der Waals surface area (Å²) < 4.78 is 22.3. The summed E-state index contributed by atoms with van der Waals surface area (Å²) in [5.74, 6) is -2.89. The average Bonchev–Trinajstić information content (AvgIpc) is 2.31. The zero-order valence-corrected chi connectivity index (χ0v) is 9.79. The standard InChI is InChI=1S/C10H10ClFO5/c1-16-9-5(13)3-4(12)7(11)6(9)8(14)10(15)17-2/h3,8,13-14H,1-2H3. The molecule has 0 aliphatic rings. The number of aliphatic hydroxyl groups excluding tert-OH is 1. The SMILES string of the molecule is COC(=O)C(O)c1c(Cl)c(F)cc(O)c1OC. The van der Waals surface area contributed by atoms with E-state index in [1.807, 2.05) is 0 Å². The number of hydrogen-bond donors (Lipinski definition) is 2. The largest absolute Gasteiger partial charge is 0.504 e. The molecule has 0 heterocycles. The van der Waals surface area contributed by atoms with E-state index in [-0.39, 0.29) is 11.3 Å². The number of halogens is 2. The second-order valence-electron chi connectivity index (χ2n) is 3.06. The molecule has 1 unspecified atom stereocenters. The molecule has 0 bridgehead atoms. The van der Waals surface area contributed by atoms with Crippen molar-refractivity contribution in [3.8, 4) is 11.5 Å². The number of aromatic hydroxyl groups is 1. The molecule has 0 spiro atoms. The van der Waals surface area contributed by atoms with Crippen LogP contribution in [0.4, 0.5) is 4.39 Å². The number of methoxy groups -OCH3 is 2. The first-order chi connectivity index (χ1) is 7.93. The van der Waals surface area contributed by atoms with Gasteiger partial charge in [0.2, 0.25) is 0 Å². The van der Waals surface area contributed by atoms with Crippen LogP contribution in [-0.4, -0.2) is 30.4 Å². The molecule has 1 aromatic carbocycles. The smallest absolute Gasteiger partial charge is 0.339 e. The summed E-state index contributed by atoms with van der Waals surface area (Å²) in [5, 5.41) is 18.5. The third kappa shape index (κ3) is 2.42. The summed E-state index contributed by atoms with van der Waals surface area (Å²) in [6.07, 6.45) is -1.84. The number of phenols is 1. The van der Waals surface area contributed by atoms with Gasteiger partial charge in [0.1, 0.15) is 5.82 Å². The summed E-state index contributed by atoms with van der Waals surface area (Å²) in [6, 6.07) is 0.717. The number of aliphatic hydroxyl groups is 1. The Morgan fingerprint density at radius 1 is 1.53 bits per heavy atom. The highest BCUT2D eigenvalue weighted by molar-refractivity contribution is 6.32. The van der Waals surface area contributed by atoms with E-state index in [2.05, 4.69) is 4.74 Å². The number of phenolic OH excluding ortho intramolecular Hbond substituents is 1. The zero-order chi connectivity index (χ0) is 13.2. The van der Waals surface area contributed by atoms with Gasteiger partial charge in [-0.15, -0.1) is 0 Å². The third-order valence-electron chi connectivity index (χ3n) is 2.09. The Bertz CT molecular complexity index is 449. The Hall–Kier alpha value is -1.53. The lowest BCUT2D eigenvalue weighted by Crippen LogP contribution is -2.15. The van der Waals surface area contributed by atoms with Crippen LogP contribution >= 0.6 is 11.6 Å². The van der Waals surface area contributed by atoms with Crippen molar-refractivity contribution in [1.82, 2.24) is 0 Å². The van der Waals surface area contributed by atoms with Crippen LogP contribution < -0.4 is 4.74 Å². The molecule has 5 nitrogen and oxygen atoms in total. The van der Waals surface area contributed by atoms with Gasteiger partial charge in [-0.25, -0.2) is 9.18 Å². The van der Waals surface area contributed by atoms with Gasteiger partial charge in [-0.2, -0.15) is 0 Å². The van der Waals surface area contributed by atoms with Crippen molar-refractivity contribution in [3.63, 3.8) is 0 Å². The molecule has 0 saturated heterocycles. The second-order valence-corrected chi connectivity index (χ2v) is 3.44. The number of hydrogen-bond acceptors (Lipinski definition) is 5. The molecule has 1 rings (SSSR count). The minimum absolute atomic E-state index is 0.283. The normalized spacial score (nSPS) is 12.1. The molecule has 0 fully saturated rings. The number of ether oxygens (including phenoxy) is 2. The van der Waals surface area contributed by atoms with Gasteiger partial charge in [-0.05, 0) is 0 Å². The molecule has 17 heavy (non-hydrogen) atoms. The van der Waals surface area contributed by atoms with E-state index < -0.39 is 28.7 Å². The van der Waals surface area contributed by atoms with E-state index in [0.29, 0.717) is 6.07 Å². The van der Waals surface area contributed by atoms with E-state index in [0.717, 1.165) is 7.11 Å². The highest BCUT2D eigenvalue weighted by atomic mass is 35.5. The first-order valence-electron chi connectivity index (χ1n) is 4.44. The molecule has 1 aromatic rings. The van der Waals surface area contributed by atoms with Crippen LogP contribution in [0.5, 0.6) is 11.5 Å². The number of benzene rings is 1. The van der Waals surface area contributed by atoms with Crippen molar-refractivity contribution < 1.29 is 28.9 Å². The Kier molecular flexibility index (Phi) is 4.14. The lowest BCUT2D eigenvalue weighted by molar-refractivity contribution is -0.150. The molecule has 1 atom stereocenters. The molecule has 2 N–H and O–H groups in total. The molecule has 7 heteroatoms. The van der Waals surface area contributed by atoms with Gasteiger partial charge in [0.25, 0.3) is 0 Å². The fraction of sp³-hybridized carbons (Fsp3) is 0.300. The van der Waals surface area contributed by atoms with Crippen LogP contribution in [0, 0.1) is 5.82 Å². The maximum atomic E-state index is 13.3. The summed E-state index contributed by atoms with van der Waals surface area (Å²) in [6.45, 7) is 0. The predicted molar refractivity (Wildman–Crippen MR) is 56.6 cm³/mol. The van der Waals surface area contributed by atoms with Crippen LogP contribution in [0.2, 0.25) is 5.02 Å². The Balaban J connectivity index is 3.44. The lowest BCUT2D eigenvalue weighted by Gasteiger charge is -2.16. The van der Waals surface area contributed by atoms with Crippen LogP contribution in [-0.2, 0) is 9.53 Å². The van der Waals surface area contributed by atoms with Gasteiger partial charge in [-0.1, -0.05) is 11.6 Å². The average molecular weight is 265 g/mol. The van der Waals surface area contributed by atoms with Crippen molar-refractivity contribution in [2.24, 2.45) is 0 Å². The first-order valence-corrected chi connectivity index (χ1v) is 4.82. The fourth-order valence-corrected chi connectivity index (χ4v) is 1.55. The van der Waals surface area contributed by atoms with Gasteiger partial charge in [0.15, 0.2) is 17.6 Å². The number of carbonyl (C=O) groups excluding carboxylic acids is 1. The number of carbonyl (C=O) groups is 1. The Morgan fingerprint density at radius 2 is 2.12 bits per heavy atom. The Labute approximate surface area is 101 Å². The Morgan fingerprint density at radius 3 is 2.59 bits per heavy atom. The molecule has 0 amide bonds. The molecule has 0 aliphatic heterocycles. The first kappa shape index (κ1) is 13.5. The van der Waals surface area contributed by atoms with Crippen molar-refractivity contribution in [2.45, 2.75) is 6.10 Å². The van der Waals surface area contributed by atoms with E-state index >= 15 is 0 Å². The van der Waals surface area contributed by atoms with Crippen molar-refractivity contribution >= 4 is 17.6 Å². The summed E-state index contributed by atoms with van der Waals surface area (Å²) in [5.41, 5.74) is -0.376. The molecular weight excluding hydrogens is 255 g/mol. The monoisotopic (exact) mass is 264 g/mol. The maximum Gasteiger partial charge on any atom is 0.339 e. The van der Waals surface area contributed by atoms with Crippen LogP contribution in [0.15, 0.2) is 6.07 Å². The molecule has 0 aliphatic carbocycles. The maximum absolute atomic E-state index is 13.3. The summed E-state index contributed by atoms with van der Waals surface area (Å²) in [7, 11) is 2.22. The van der Waals surface area contributed by atoms with Gasteiger partial charge < -0.3 is 19.7 Å². The minimum atomic E-state index is -1.84. The highest BCUT2D eigenvalue weighted by Crippen LogP contribution is 2.41. The van der Waals surface area contributed by atoms with E-state index in [1.54, 1.807) is 0 Å². The van der Waals surface area contributed by atoms with Crippen molar-refractivity contribution in [3.05, 3.63) is 22.5 Å². The van der Waals surface area contributed by atoms with Crippen molar-refractivity contribution in [1.29, 1.82) is 0 Å².